The zero-order valence-corrected chi connectivity index (χ0v) is 9.17. The first-order chi connectivity index (χ1) is 6.52. The van der Waals surface area contributed by atoms with Crippen molar-refractivity contribution in [2.45, 2.75) is 33.1 Å². The van der Waals surface area contributed by atoms with Gasteiger partial charge < -0.3 is 5.11 Å². The van der Waals surface area contributed by atoms with E-state index in [9.17, 15) is 5.11 Å². The zero-order valence-electron chi connectivity index (χ0n) is 9.17. The van der Waals surface area contributed by atoms with Crippen molar-refractivity contribution in [3.05, 3.63) is 41.5 Å². The Labute approximate surface area is 86.1 Å². The number of hydrogen-bond acceptors (Lipinski definition) is 1. The largest absolute Gasteiger partial charge is 0.508 e. The summed E-state index contributed by atoms with van der Waals surface area (Å²) in [6.45, 7) is 10.1. The van der Waals surface area contributed by atoms with Crippen molar-refractivity contribution in [1.29, 1.82) is 0 Å². The predicted molar refractivity (Wildman–Crippen MR) is 60.7 cm³/mol. The third kappa shape index (κ3) is 2.38. The van der Waals surface area contributed by atoms with Gasteiger partial charge in [-0.15, -0.1) is 0 Å². The molecule has 76 valence electrons. The van der Waals surface area contributed by atoms with Crippen LogP contribution in [0.25, 0.3) is 0 Å². The summed E-state index contributed by atoms with van der Waals surface area (Å²) in [5.41, 5.74) is 3.32. The molecular formula is C13H18O. The summed E-state index contributed by atoms with van der Waals surface area (Å²) in [5.74, 6) is 0.829. The molecule has 0 saturated carbocycles. The lowest BCUT2D eigenvalue weighted by molar-refractivity contribution is 0.467. The summed E-state index contributed by atoms with van der Waals surface area (Å²) in [6, 6.07) is 5.71. The summed E-state index contributed by atoms with van der Waals surface area (Å²) < 4.78 is 0. The van der Waals surface area contributed by atoms with Gasteiger partial charge in [0.05, 0.1) is 0 Å². The Kier molecular flexibility index (Phi) is 3.34. The molecule has 0 radical (unpaired) electrons. The number of phenols is 1. The third-order valence-corrected chi connectivity index (χ3v) is 2.29. The van der Waals surface area contributed by atoms with Crippen molar-refractivity contribution in [1.82, 2.24) is 0 Å². The van der Waals surface area contributed by atoms with Gasteiger partial charge in [-0.2, -0.15) is 0 Å². The Morgan fingerprint density at radius 3 is 2.57 bits per heavy atom. The second kappa shape index (κ2) is 4.32. The number of benzene rings is 1. The summed E-state index contributed by atoms with van der Waals surface area (Å²) in [5, 5.41) is 9.75. The highest BCUT2D eigenvalue weighted by Gasteiger charge is 2.10. The molecule has 14 heavy (non-hydrogen) atoms. The quantitative estimate of drug-likeness (QED) is 0.721. The molecule has 1 heteroatoms. The van der Waals surface area contributed by atoms with E-state index in [0.29, 0.717) is 11.7 Å². The van der Waals surface area contributed by atoms with Crippen LogP contribution in [-0.2, 0) is 6.42 Å². The second-order valence-corrected chi connectivity index (χ2v) is 4.13. The number of phenolic OH excluding ortho intramolecular Hbond substituents is 1. The van der Waals surface area contributed by atoms with Crippen LogP contribution in [0.3, 0.4) is 0 Å². The van der Waals surface area contributed by atoms with Gasteiger partial charge in [0.1, 0.15) is 5.75 Å². The molecule has 0 aliphatic carbocycles. The molecule has 0 unspecified atom stereocenters. The Hall–Kier alpha value is -1.24. The molecule has 0 bridgehead atoms. The Morgan fingerprint density at radius 2 is 2.07 bits per heavy atom. The van der Waals surface area contributed by atoms with E-state index >= 15 is 0 Å². The maximum absolute atomic E-state index is 9.75. The van der Waals surface area contributed by atoms with Crippen molar-refractivity contribution in [2.75, 3.05) is 0 Å². The molecule has 0 heterocycles. The van der Waals surface area contributed by atoms with Crippen LogP contribution in [0.4, 0.5) is 0 Å². The van der Waals surface area contributed by atoms with E-state index in [0.717, 1.165) is 17.6 Å². The van der Waals surface area contributed by atoms with E-state index in [1.54, 1.807) is 6.07 Å². The maximum Gasteiger partial charge on any atom is 0.119 e. The first kappa shape index (κ1) is 10.8. The Bertz CT molecular complexity index is 337. The van der Waals surface area contributed by atoms with Crippen LogP contribution in [0.5, 0.6) is 5.75 Å². The van der Waals surface area contributed by atoms with E-state index in [2.05, 4.69) is 26.5 Å². The van der Waals surface area contributed by atoms with Gasteiger partial charge >= 0.3 is 0 Å². The van der Waals surface area contributed by atoms with Gasteiger partial charge in [-0.1, -0.05) is 38.1 Å². The van der Waals surface area contributed by atoms with Crippen LogP contribution in [0, 0.1) is 0 Å². The van der Waals surface area contributed by atoms with Gasteiger partial charge in [0.15, 0.2) is 0 Å². The number of rotatable bonds is 3. The van der Waals surface area contributed by atoms with Crippen LogP contribution >= 0.6 is 0 Å². The van der Waals surface area contributed by atoms with E-state index in [4.69, 9.17) is 0 Å². The van der Waals surface area contributed by atoms with Gasteiger partial charge in [0.25, 0.3) is 0 Å². The van der Waals surface area contributed by atoms with Gasteiger partial charge in [0.2, 0.25) is 0 Å². The fourth-order valence-electron chi connectivity index (χ4n) is 1.63. The standard InChI is InChI=1S/C13H18O/c1-9(2)8-12-11(10(3)4)6-5-7-13(12)14/h5-7,10,14H,1,8H2,2-4H3. The first-order valence-corrected chi connectivity index (χ1v) is 4.97. The summed E-state index contributed by atoms with van der Waals surface area (Å²) in [4.78, 5) is 0. The first-order valence-electron chi connectivity index (χ1n) is 4.97. The lowest BCUT2D eigenvalue weighted by Crippen LogP contribution is -1.97. The lowest BCUT2D eigenvalue weighted by atomic mass is 9.93. The SMILES string of the molecule is C=C(C)Cc1c(O)cccc1C(C)C. The molecule has 0 amide bonds. The molecule has 0 fully saturated rings. The molecule has 1 rings (SSSR count). The van der Waals surface area contributed by atoms with Crippen molar-refractivity contribution in [2.24, 2.45) is 0 Å². The topological polar surface area (TPSA) is 20.2 Å². The molecule has 0 aromatic heterocycles. The monoisotopic (exact) mass is 190 g/mol. The van der Waals surface area contributed by atoms with E-state index < -0.39 is 0 Å². The molecule has 0 aliphatic rings. The van der Waals surface area contributed by atoms with E-state index in [1.165, 1.54) is 5.56 Å². The molecule has 1 N–H and O–H groups in total. The summed E-state index contributed by atoms with van der Waals surface area (Å²) in [7, 11) is 0. The number of hydrogen-bond donors (Lipinski definition) is 1. The molecule has 0 aliphatic heterocycles. The molecular weight excluding hydrogens is 172 g/mol. The lowest BCUT2D eigenvalue weighted by Gasteiger charge is -2.14. The highest BCUT2D eigenvalue weighted by atomic mass is 16.3. The fraction of sp³-hybridized carbons (Fsp3) is 0.385. The molecule has 1 aromatic rings. The minimum atomic E-state index is 0.388. The molecule has 0 atom stereocenters. The highest BCUT2D eigenvalue weighted by molar-refractivity contribution is 5.42. The summed E-state index contributed by atoms with van der Waals surface area (Å²) >= 11 is 0. The molecule has 0 saturated heterocycles. The summed E-state index contributed by atoms with van der Waals surface area (Å²) in [6.07, 6.45) is 0.764. The van der Waals surface area contributed by atoms with Crippen molar-refractivity contribution in [3.8, 4) is 5.75 Å². The number of aromatic hydroxyl groups is 1. The van der Waals surface area contributed by atoms with Crippen LogP contribution in [-0.4, -0.2) is 5.11 Å². The van der Waals surface area contributed by atoms with E-state index in [1.807, 2.05) is 13.0 Å². The van der Waals surface area contributed by atoms with Crippen LogP contribution < -0.4 is 0 Å². The minimum absolute atomic E-state index is 0.388. The van der Waals surface area contributed by atoms with Crippen LogP contribution in [0.2, 0.25) is 0 Å². The zero-order chi connectivity index (χ0) is 10.7. The normalized spacial score (nSPS) is 10.6. The average Bonchev–Trinajstić information content (AvgIpc) is 2.07. The highest BCUT2D eigenvalue weighted by Crippen LogP contribution is 2.28. The van der Waals surface area contributed by atoms with Gasteiger partial charge in [-0.3, -0.25) is 0 Å². The molecule has 1 nitrogen and oxygen atoms in total. The second-order valence-electron chi connectivity index (χ2n) is 4.13. The molecule has 1 aromatic carbocycles. The maximum atomic E-state index is 9.75. The van der Waals surface area contributed by atoms with E-state index in [-0.39, 0.29) is 0 Å². The predicted octanol–water partition coefficient (Wildman–Crippen LogP) is 3.63. The van der Waals surface area contributed by atoms with Gasteiger partial charge in [-0.05, 0) is 30.9 Å². The van der Waals surface area contributed by atoms with Crippen molar-refractivity contribution >= 4 is 0 Å². The van der Waals surface area contributed by atoms with Crippen molar-refractivity contribution < 1.29 is 5.11 Å². The average molecular weight is 190 g/mol. The smallest absolute Gasteiger partial charge is 0.119 e. The Balaban J connectivity index is 3.15. The minimum Gasteiger partial charge on any atom is -0.508 e. The van der Waals surface area contributed by atoms with Crippen molar-refractivity contribution in [3.63, 3.8) is 0 Å². The third-order valence-electron chi connectivity index (χ3n) is 2.29. The van der Waals surface area contributed by atoms with Gasteiger partial charge in [-0.25, -0.2) is 0 Å². The fourth-order valence-corrected chi connectivity index (χ4v) is 1.63. The van der Waals surface area contributed by atoms with Gasteiger partial charge in [0, 0.05) is 5.56 Å². The number of allylic oxidation sites excluding steroid dienone is 1. The van der Waals surface area contributed by atoms with Crippen LogP contribution in [0.1, 0.15) is 37.8 Å². The Morgan fingerprint density at radius 1 is 1.43 bits per heavy atom. The van der Waals surface area contributed by atoms with Crippen LogP contribution in [0.15, 0.2) is 30.4 Å². The molecule has 0 spiro atoms.